The molecule has 2 heterocycles. The maximum atomic E-state index is 12.9. The number of esters is 1. The highest BCUT2D eigenvalue weighted by Gasteiger charge is 2.23. The van der Waals surface area contributed by atoms with E-state index in [0.717, 1.165) is 14.7 Å². The molecular formula is C23H21N7O5. The van der Waals surface area contributed by atoms with Gasteiger partial charge in [-0.2, -0.15) is 0 Å². The van der Waals surface area contributed by atoms with E-state index in [1.807, 2.05) is 6.07 Å². The number of hydrogen-bond donors (Lipinski definition) is 1. The Hall–Kier alpha value is -4.87. The number of nitrogens with two attached hydrogens (primary N) is 1. The van der Waals surface area contributed by atoms with Crippen molar-refractivity contribution in [2.45, 2.75) is 20.0 Å². The predicted octanol–water partition coefficient (Wildman–Crippen LogP) is 0.676. The number of aromatic nitrogens is 6. The monoisotopic (exact) mass is 475 g/mol. The van der Waals surface area contributed by atoms with Crippen molar-refractivity contribution in [2.24, 2.45) is 0 Å². The Labute approximate surface area is 198 Å². The van der Waals surface area contributed by atoms with Crippen LogP contribution in [-0.4, -0.2) is 47.7 Å². The number of nitrogens with zero attached hydrogens (tertiary/aromatic N) is 6. The normalized spacial score (nSPS) is 10.8. The molecule has 35 heavy (non-hydrogen) atoms. The Bertz CT molecular complexity index is 1470. The fourth-order valence-corrected chi connectivity index (χ4v) is 3.49. The van der Waals surface area contributed by atoms with Gasteiger partial charge in [0.25, 0.3) is 5.56 Å². The number of carbonyl (C=O) groups excluding carboxylic acids is 2. The van der Waals surface area contributed by atoms with Crippen molar-refractivity contribution in [1.82, 2.24) is 29.3 Å². The molecule has 0 unspecified atom stereocenters. The number of rotatable bonds is 8. The van der Waals surface area contributed by atoms with Crippen LogP contribution in [0.4, 0.5) is 5.82 Å². The number of carbonyl (C=O) groups is 2. The lowest BCUT2D eigenvalue weighted by molar-refractivity contribution is 0.0474. The summed E-state index contributed by atoms with van der Waals surface area (Å²) in [5.74, 6) is -1.86. The summed E-state index contributed by atoms with van der Waals surface area (Å²) in [6.45, 7) is 0.999. The highest BCUT2D eigenvalue weighted by molar-refractivity contribution is 6.02. The quantitative estimate of drug-likeness (QED) is 0.286. The van der Waals surface area contributed by atoms with Crippen molar-refractivity contribution in [1.29, 1.82) is 0 Å². The van der Waals surface area contributed by atoms with Crippen molar-refractivity contribution >= 4 is 17.6 Å². The summed E-state index contributed by atoms with van der Waals surface area (Å²) >= 11 is 0. The first-order valence-corrected chi connectivity index (χ1v) is 10.6. The van der Waals surface area contributed by atoms with Crippen LogP contribution in [0.15, 0.2) is 70.5 Å². The van der Waals surface area contributed by atoms with Gasteiger partial charge in [0.1, 0.15) is 17.7 Å². The van der Waals surface area contributed by atoms with Gasteiger partial charge in [0.15, 0.2) is 6.61 Å². The van der Waals surface area contributed by atoms with E-state index in [0.29, 0.717) is 5.69 Å². The molecule has 2 aromatic heterocycles. The van der Waals surface area contributed by atoms with Crippen LogP contribution in [0.3, 0.4) is 0 Å². The number of nitrogen functional groups attached to an aromatic ring is 1. The highest BCUT2D eigenvalue weighted by atomic mass is 16.5. The summed E-state index contributed by atoms with van der Waals surface area (Å²) in [4.78, 5) is 51.0. The first-order chi connectivity index (χ1) is 16.9. The highest BCUT2D eigenvalue weighted by Crippen LogP contribution is 2.12. The summed E-state index contributed by atoms with van der Waals surface area (Å²) in [6, 6.07) is 15.2. The van der Waals surface area contributed by atoms with Gasteiger partial charge in [0.2, 0.25) is 5.78 Å². The zero-order valence-corrected chi connectivity index (χ0v) is 18.7. The number of ether oxygens (including phenoxy) is 1. The van der Waals surface area contributed by atoms with Gasteiger partial charge in [-0.25, -0.2) is 14.3 Å². The van der Waals surface area contributed by atoms with Gasteiger partial charge in [0, 0.05) is 6.54 Å². The molecule has 0 saturated carbocycles. The number of hydrogen-bond acceptors (Lipinski definition) is 9. The summed E-state index contributed by atoms with van der Waals surface area (Å²) < 4.78 is 8.61. The lowest BCUT2D eigenvalue weighted by Crippen LogP contribution is -2.44. The predicted molar refractivity (Wildman–Crippen MR) is 124 cm³/mol. The van der Waals surface area contributed by atoms with Crippen LogP contribution in [0, 0.1) is 0 Å². The summed E-state index contributed by atoms with van der Waals surface area (Å²) in [5.41, 5.74) is 5.82. The van der Waals surface area contributed by atoms with Gasteiger partial charge < -0.3 is 10.5 Å². The molecule has 178 valence electrons. The topological polar surface area (TPSA) is 157 Å². The largest absolute Gasteiger partial charge is 0.454 e. The molecule has 4 aromatic rings. The Morgan fingerprint density at radius 3 is 2.34 bits per heavy atom. The van der Waals surface area contributed by atoms with Crippen LogP contribution in [0.5, 0.6) is 0 Å². The van der Waals surface area contributed by atoms with E-state index >= 15 is 0 Å². The van der Waals surface area contributed by atoms with Crippen LogP contribution >= 0.6 is 0 Å². The van der Waals surface area contributed by atoms with Crippen molar-refractivity contribution in [3.8, 4) is 5.69 Å². The summed E-state index contributed by atoms with van der Waals surface area (Å²) in [6.07, 6.45) is 1.40. The Balaban J connectivity index is 1.56. The number of Topliss-reactive ketones (excluding diaryl/α,β-unsaturated/α-hetero) is 1. The van der Waals surface area contributed by atoms with Crippen LogP contribution in [-0.2, 0) is 17.8 Å². The van der Waals surface area contributed by atoms with E-state index in [9.17, 15) is 19.2 Å². The second kappa shape index (κ2) is 9.95. The van der Waals surface area contributed by atoms with Crippen LogP contribution in [0.1, 0.15) is 33.2 Å². The summed E-state index contributed by atoms with van der Waals surface area (Å²) in [7, 11) is 0. The SMILES string of the molecule is CCn1c(=O)c(C(=O)COC(=O)c2ccc(-n3cnnn3)cc2)c(N)n(Cc2ccccc2)c1=O. The Morgan fingerprint density at radius 2 is 1.71 bits per heavy atom. The van der Waals surface area contributed by atoms with Gasteiger partial charge in [-0.05, 0) is 47.2 Å². The Morgan fingerprint density at radius 1 is 1.00 bits per heavy atom. The van der Waals surface area contributed by atoms with Crippen molar-refractivity contribution in [2.75, 3.05) is 12.3 Å². The third-order valence-corrected chi connectivity index (χ3v) is 5.30. The first kappa shape index (κ1) is 23.3. The smallest absolute Gasteiger partial charge is 0.338 e. The Kier molecular flexibility index (Phi) is 6.62. The lowest BCUT2D eigenvalue weighted by Gasteiger charge is -2.16. The minimum Gasteiger partial charge on any atom is -0.454 e. The maximum Gasteiger partial charge on any atom is 0.338 e. The van der Waals surface area contributed by atoms with Crippen LogP contribution < -0.4 is 17.0 Å². The zero-order chi connectivity index (χ0) is 24.9. The third kappa shape index (κ3) is 4.76. The molecule has 0 bridgehead atoms. The molecule has 12 nitrogen and oxygen atoms in total. The molecule has 0 fully saturated rings. The molecule has 0 aliphatic heterocycles. The van der Waals surface area contributed by atoms with Crippen molar-refractivity contribution < 1.29 is 14.3 Å². The third-order valence-electron chi connectivity index (χ3n) is 5.30. The van der Waals surface area contributed by atoms with Crippen molar-refractivity contribution in [3.63, 3.8) is 0 Å². The number of tetrazole rings is 1. The maximum absolute atomic E-state index is 12.9. The number of ketones is 1. The molecule has 0 aliphatic carbocycles. The van der Waals surface area contributed by atoms with E-state index in [2.05, 4.69) is 15.5 Å². The van der Waals surface area contributed by atoms with E-state index in [4.69, 9.17) is 10.5 Å². The molecule has 0 atom stereocenters. The minimum atomic E-state index is -0.828. The molecule has 2 N–H and O–H groups in total. The van der Waals surface area contributed by atoms with Gasteiger partial charge >= 0.3 is 11.7 Å². The molecule has 0 amide bonds. The molecular weight excluding hydrogens is 454 g/mol. The zero-order valence-electron chi connectivity index (χ0n) is 18.7. The first-order valence-electron chi connectivity index (χ1n) is 10.6. The molecule has 0 spiro atoms. The van der Waals surface area contributed by atoms with Gasteiger partial charge in [-0.3, -0.25) is 18.7 Å². The lowest BCUT2D eigenvalue weighted by atomic mass is 10.1. The van der Waals surface area contributed by atoms with Gasteiger partial charge in [-0.1, -0.05) is 30.3 Å². The fourth-order valence-electron chi connectivity index (χ4n) is 3.49. The van der Waals surface area contributed by atoms with Crippen LogP contribution in [0.2, 0.25) is 0 Å². The standard InChI is InChI=1S/C23H21N7O5/c1-2-28-21(32)19(20(24)29(23(28)34)12-15-6-4-3-5-7-15)18(31)13-35-22(33)16-8-10-17(11-9-16)30-14-25-26-27-30/h3-11,14H,2,12-13,24H2,1H3. The second-order valence-electron chi connectivity index (χ2n) is 7.46. The molecule has 0 aliphatic rings. The number of benzene rings is 2. The second-order valence-corrected chi connectivity index (χ2v) is 7.46. The average Bonchev–Trinajstić information content (AvgIpc) is 3.41. The fraction of sp³-hybridized carbons (Fsp3) is 0.174. The van der Waals surface area contributed by atoms with Crippen molar-refractivity contribution in [3.05, 3.63) is 98.5 Å². The van der Waals surface area contributed by atoms with Gasteiger partial charge in [0.05, 0.1) is 17.8 Å². The van der Waals surface area contributed by atoms with E-state index in [1.54, 1.807) is 43.3 Å². The van der Waals surface area contributed by atoms with Crippen LogP contribution in [0.25, 0.3) is 5.69 Å². The van der Waals surface area contributed by atoms with E-state index in [1.165, 1.54) is 23.1 Å². The number of anilines is 1. The molecule has 2 aromatic carbocycles. The molecule has 0 saturated heterocycles. The van der Waals surface area contributed by atoms with E-state index in [-0.39, 0.29) is 24.5 Å². The van der Waals surface area contributed by atoms with Gasteiger partial charge in [-0.15, -0.1) is 5.10 Å². The van der Waals surface area contributed by atoms with E-state index < -0.39 is 35.2 Å². The molecule has 12 heteroatoms. The summed E-state index contributed by atoms with van der Waals surface area (Å²) in [5, 5.41) is 10.8. The molecule has 4 rings (SSSR count). The average molecular weight is 475 g/mol. The minimum absolute atomic E-state index is 0.0421. The molecule has 0 radical (unpaired) electrons.